The second-order valence-electron chi connectivity index (χ2n) is 3.08. The number of hydrogen-bond acceptors (Lipinski definition) is 4. The standard InChI is InChI=1S/C10H11N3O2/c11-10-12-5-7(13-10)6-15-9-3-1-2-8(14)4-9/h1-5,14H,6H2,(H3,11,12,13). The molecule has 0 saturated carbocycles. The number of nitrogen functional groups attached to an aromatic ring is 1. The third-order valence-electron chi connectivity index (χ3n) is 1.86. The third-order valence-corrected chi connectivity index (χ3v) is 1.86. The van der Waals surface area contributed by atoms with E-state index >= 15 is 0 Å². The number of phenols is 1. The van der Waals surface area contributed by atoms with E-state index in [1.54, 1.807) is 30.5 Å². The number of hydrogen-bond donors (Lipinski definition) is 3. The first-order valence-electron chi connectivity index (χ1n) is 4.45. The monoisotopic (exact) mass is 205 g/mol. The summed E-state index contributed by atoms with van der Waals surface area (Å²) in [6.45, 7) is 0.341. The Balaban J connectivity index is 1.99. The SMILES string of the molecule is Nc1ncc(COc2cccc(O)c2)[nH]1. The van der Waals surface area contributed by atoms with Crippen LogP contribution in [-0.2, 0) is 6.61 Å². The number of ether oxygens (including phenoxy) is 1. The van der Waals surface area contributed by atoms with Gasteiger partial charge in [-0.2, -0.15) is 0 Å². The Kier molecular flexibility index (Phi) is 2.45. The number of nitrogens with zero attached hydrogens (tertiary/aromatic N) is 1. The summed E-state index contributed by atoms with van der Waals surface area (Å²) in [5.41, 5.74) is 6.20. The predicted molar refractivity (Wildman–Crippen MR) is 55.4 cm³/mol. The lowest BCUT2D eigenvalue weighted by atomic mass is 10.3. The van der Waals surface area contributed by atoms with Crippen LogP contribution in [0.15, 0.2) is 30.5 Å². The molecule has 0 aliphatic carbocycles. The number of nitrogens with one attached hydrogen (secondary N) is 1. The molecule has 0 radical (unpaired) electrons. The van der Waals surface area contributed by atoms with Gasteiger partial charge in [0.1, 0.15) is 18.1 Å². The van der Waals surface area contributed by atoms with Crippen LogP contribution in [0.3, 0.4) is 0 Å². The molecule has 0 aliphatic heterocycles. The van der Waals surface area contributed by atoms with Gasteiger partial charge in [-0.25, -0.2) is 4.98 Å². The molecule has 78 valence electrons. The summed E-state index contributed by atoms with van der Waals surface area (Å²) < 4.78 is 5.40. The molecule has 5 heteroatoms. The van der Waals surface area contributed by atoms with Crippen molar-refractivity contribution in [3.05, 3.63) is 36.2 Å². The van der Waals surface area contributed by atoms with Crippen molar-refractivity contribution in [2.24, 2.45) is 0 Å². The molecule has 0 amide bonds. The molecule has 1 aromatic carbocycles. The maximum atomic E-state index is 9.19. The van der Waals surface area contributed by atoms with Crippen LogP contribution in [-0.4, -0.2) is 15.1 Å². The minimum Gasteiger partial charge on any atom is -0.508 e. The van der Waals surface area contributed by atoms with Crippen molar-refractivity contribution in [1.82, 2.24) is 9.97 Å². The summed E-state index contributed by atoms with van der Waals surface area (Å²) >= 11 is 0. The second-order valence-corrected chi connectivity index (χ2v) is 3.08. The van der Waals surface area contributed by atoms with Gasteiger partial charge in [0.05, 0.1) is 11.9 Å². The van der Waals surface area contributed by atoms with Crippen LogP contribution in [0.5, 0.6) is 11.5 Å². The van der Waals surface area contributed by atoms with E-state index < -0.39 is 0 Å². The summed E-state index contributed by atoms with van der Waals surface area (Å²) in [5, 5.41) is 9.19. The van der Waals surface area contributed by atoms with Crippen molar-refractivity contribution in [1.29, 1.82) is 0 Å². The number of H-pyrrole nitrogens is 1. The van der Waals surface area contributed by atoms with E-state index in [9.17, 15) is 5.11 Å². The lowest BCUT2D eigenvalue weighted by Gasteiger charge is -2.04. The van der Waals surface area contributed by atoms with Gasteiger partial charge in [0.15, 0.2) is 5.95 Å². The van der Waals surface area contributed by atoms with Gasteiger partial charge >= 0.3 is 0 Å². The van der Waals surface area contributed by atoms with E-state index in [0.717, 1.165) is 5.69 Å². The fraction of sp³-hybridized carbons (Fsp3) is 0.100. The minimum absolute atomic E-state index is 0.177. The summed E-state index contributed by atoms with van der Waals surface area (Å²) in [6.07, 6.45) is 1.61. The van der Waals surface area contributed by atoms with Gasteiger partial charge in [-0.1, -0.05) is 6.07 Å². The lowest BCUT2D eigenvalue weighted by Crippen LogP contribution is -1.96. The first-order valence-corrected chi connectivity index (χ1v) is 4.45. The molecule has 4 N–H and O–H groups in total. The minimum atomic E-state index is 0.177. The van der Waals surface area contributed by atoms with Gasteiger partial charge in [0.25, 0.3) is 0 Å². The normalized spacial score (nSPS) is 10.1. The number of benzene rings is 1. The van der Waals surface area contributed by atoms with Crippen molar-refractivity contribution in [2.45, 2.75) is 6.61 Å². The number of aromatic hydroxyl groups is 1. The molecule has 1 aromatic heterocycles. The van der Waals surface area contributed by atoms with E-state index in [1.165, 1.54) is 0 Å². The average Bonchev–Trinajstić information content (AvgIpc) is 2.62. The van der Waals surface area contributed by atoms with Gasteiger partial charge in [-0.3, -0.25) is 0 Å². The number of aromatic amines is 1. The van der Waals surface area contributed by atoms with Crippen LogP contribution in [0.2, 0.25) is 0 Å². The van der Waals surface area contributed by atoms with Crippen LogP contribution < -0.4 is 10.5 Å². The van der Waals surface area contributed by atoms with Gasteiger partial charge in [-0.05, 0) is 12.1 Å². The van der Waals surface area contributed by atoms with Crippen LogP contribution in [0.1, 0.15) is 5.69 Å². The highest BCUT2D eigenvalue weighted by atomic mass is 16.5. The molecule has 0 bridgehead atoms. The molecule has 5 nitrogen and oxygen atoms in total. The summed E-state index contributed by atoms with van der Waals surface area (Å²) in [7, 11) is 0. The van der Waals surface area contributed by atoms with Crippen molar-refractivity contribution >= 4 is 5.95 Å². The molecular formula is C10H11N3O2. The van der Waals surface area contributed by atoms with E-state index in [4.69, 9.17) is 10.5 Å². The average molecular weight is 205 g/mol. The third kappa shape index (κ3) is 2.40. The maximum Gasteiger partial charge on any atom is 0.197 e. The lowest BCUT2D eigenvalue weighted by molar-refractivity contribution is 0.300. The number of imidazole rings is 1. The summed E-state index contributed by atoms with van der Waals surface area (Å²) in [5.74, 6) is 1.14. The Morgan fingerprint density at radius 3 is 3.00 bits per heavy atom. The molecule has 1 heterocycles. The topological polar surface area (TPSA) is 84.2 Å². The predicted octanol–water partition coefficient (Wildman–Crippen LogP) is 1.28. The smallest absolute Gasteiger partial charge is 0.197 e. The molecule has 2 aromatic rings. The van der Waals surface area contributed by atoms with E-state index in [0.29, 0.717) is 18.3 Å². The molecule has 15 heavy (non-hydrogen) atoms. The zero-order valence-electron chi connectivity index (χ0n) is 7.97. The Morgan fingerprint density at radius 1 is 1.47 bits per heavy atom. The van der Waals surface area contributed by atoms with Crippen molar-refractivity contribution in [2.75, 3.05) is 5.73 Å². The second kappa shape index (κ2) is 3.91. The van der Waals surface area contributed by atoms with Crippen LogP contribution in [0.4, 0.5) is 5.95 Å². The fourth-order valence-electron chi connectivity index (χ4n) is 1.18. The molecular weight excluding hydrogens is 194 g/mol. The molecule has 0 spiro atoms. The summed E-state index contributed by atoms with van der Waals surface area (Å²) in [4.78, 5) is 6.68. The molecule has 2 rings (SSSR count). The Bertz CT molecular complexity index is 453. The van der Waals surface area contributed by atoms with Gasteiger partial charge in [0.2, 0.25) is 0 Å². The Labute approximate surface area is 86.5 Å². The highest BCUT2D eigenvalue weighted by molar-refractivity contribution is 5.31. The number of rotatable bonds is 3. The number of anilines is 1. The van der Waals surface area contributed by atoms with E-state index in [-0.39, 0.29) is 5.75 Å². The van der Waals surface area contributed by atoms with Crippen LogP contribution in [0.25, 0.3) is 0 Å². The number of aromatic nitrogens is 2. The van der Waals surface area contributed by atoms with Crippen molar-refractivity contribution in [3.8, 4) is 11.5 Å². The Morgan fingerprint density at radius 2 is 2.33 bits per heavy atom. The van der Waals surface area contributed by atoms with Gasteiger partial charge in [-0.15, -0.1) is 0 Å². The van der Waals surface area contributed by atoms with Crippen LogP contribution >= 0.6 is 0 Å². The van der Waals surface area contributed by atoms with Crippen molar-refractivity contribution < 1.29 is 9.84 Å². The first-order chi connectivity index (χ1) is 7.24. The van der Waals surface area contributed by atoms with E-state index in [1.807, 2.05) is 0 Å². The summed E-state index contributed by atoms with van der Waals surface area (Å²) in [6, 6.07) is 6.60. The molecule has 0 aliphatic rings. The largest absolute Gasteiger partial charge is 0.508 e. The highest BCUT2D eigenvalue weighted by Gasteiger charge is 1.99. The quantitative estimate of drug-likeness (QED) is 0.704. The van der Waals surface area contributed by atoms with Crippen LogP contribution in [0, 0.1) is 0 Å². The highest BCUT2D eigenvalue weighted by Crippen LogP contribution is 2.18. The van der Waals surface area contributed by atoms with E-state index in [2.05, 4.69) is 9.97 Å². The number of phenolic OH excluding ortho intramolecular Hbond substituents is 1. The van der Waals surface area contributed by atoms with Gasteiger partial charge in [0, 0.05) is 6.07 Å². The molecule has 0 atom stereocenters. The molecule has 0 unspecified atom stereocenters. The molecule has 0 fully saturated rings. The Hall–Kier alpha value is -2.17. The first kappa shape index (κ1) is 9.39. The maximum absolute atomic E-state index is 9.19. The van der Waals surface area contributed by atoms with Crippen molar-refractivity contribution in [3.63, 3.8) is 0 Å². The zero-order chi connectivity index (χ0) is 10.7. The number of nitrogens with two attached hydrogens (primary N) is 1. The molecule has 0 saturated heterocycles. The zero-order valence-corrected chi connectivity index (χ0v) is 7.97. The van der Waals surface area contributed by atoms with Gasteiger partial charge < -0.3 is 20.6 Å². The fourth-order valence-corrected chi connectivity index (χ4v) is 1.18.